The lowest BCUT2D eigenvalue weighted by molar-refractivity contribution is 0.102. The standard InChI is InChI=1S/C16H18N2O3/c1-10-4-6-12(13(17)8-10)16(19)18-11-5-7-14(20-2)15(9-11)21-3/h4-9H,17H2,1-3H3,(H,18,19). The Bertz CT molecular complexity index is 669. The van der Waals surface area contributed by atoms with Crippen LogP contribution in [0.25, 0.3) is 0 Å². The van der Waals surface area contributed by atoms with Gasteiger partial charge in [-0.1, -0.05) is 6.07 Å². The molecule has 0 heterocycles. The van der Waals surface area contributed by atoms with Crippen LogP contribution in [-0.2, 0) is 0 Å². The van der Waals surface area contributed by atoms with E-state index in [1.807, 2.05) is 13.0 Å². The van der Waals surface area contributed by atoms with Crippen molar-refractivity contribution in [3.8, 4) is 11.5 Å². The second kappa shape index (κ2) is 6.17. The van der Waals surface area contributed by atoms with E-state index in [1.54, 1.807) is 44.6 Å². The molecule has 0 bridgehead atoms. The van der Waals surface area contributed by atoms with Gasteiger partial charge in [0.15, 0.2) is 11.5 Å². The number of benzene rings is 2. The zero-order valence-electron chi connectivity index (χ0n) is 12.3. The number of nitrogens with two attached hydrogens (primary N) is 1. The minimum Gasteiger partial charge on any atom is -0.493 e. The number of hydrogen-bond donors (Lipinski definition) is 2. The summed E-state index contributed by atoms with van der Waals surface area (Å²) in [6, 6.07) is 10.5. The minimum absolute atomic E-state index is 0.264. The molecule has 5 nitrogen and oxygen atoms in total. The van der Waals surface area contributed by atoms with Crippen molar-refractivity contribution < 1.29 is 14.3 Å². The molecule has 2 rings (SSSR count). The second-order valence-electron chi connectivity index (χ2n) is 4.61. The molecule has 2 aromatic rings. The molecule has 21 heavy (non-hydrogen) atoms. The maximum Gasteiger partial charge on any atom is 0.257 e. The zero-order valence-corrected chi connectivity index (χ0v) is 12.3. The Morgan fingerprint density at radius 3 is 2.38 bits per heavy atom. The largest absolute Gasteiger partial charge is 0.493 e. The Balaban J connectivity index is 2.23. The molecule has 2 aromatic carbocycles. The number of rotatable bonds is 4. The maximum absolute atomic E-state index is 12.2. The number of anilines is 2. The molecule has 0 atom stereocenters. The molecule has 0 saturated carbocycles. The normalized spacial score (nSPS) is 10.0. The summed E-state index contributed by atoms with van der Waals surface area (Å²) >= 11 is 0. The van der Waals surface area contributed by atoms with Gasteiger partial charge < -0.3 is 20.5 Å². The minimum atomic E-state index is -0.264. The zero-order chi connectivity index (χ0) is 15.4. The number of amides is 1. The topological polar surface area (TPSA) is 73.6 Å². The van der Waals surface area contributed by atoms with Gasteiger partial charge in [-0.15, -0.1) is 0 Å². The molecule has 0 saturated heterocycles. The first-order valence-corrected chi connectivity index (χ1v) is 6.44. The number of nitrogen functional groups attached to an aromatic ring is 1. The van der Waals surface area contributed by atoms with E-state index in [0.717, 1.165) is 5.56 Å². The Hall–Kier alpha value is -2.69. The highest BCUT2D eigenvalue weighted by molar-refractivity contribution is 6.07. The van der Waals surface area contributed by atoms with Crippen LogP contribution in [0.1, 0.15) is 15.9 Å². The van der Waals surface area contributed by atoms with Crippen LogP contribution in [0.3, 0.4) is 0 Å². The van der Waals surface area contributed by atoms with Gasteiger partial charge in [-0.05, 0) is 36.8 Å². The van der Waals surface area contributed by atoms with E-state index in [4.69, 9.17) is 15.2 Å². The lowest BCUT2D eigenvalue weighted by atomic mass is 10.1. The van der Waals surface area contributed by atoms with Gasteiger partial charge in [0.25, 0.3) is 5.91 Å². The van der Waals surface area contributed by atoms with Crippen LogP contribution in [-0.4, -0.2) is 20.1 Å². The van der Waals surface area contributed by atoms with Crippen molar-refractivity contribution >= 4 is 17.3 Å². The first-order chi connectivity index (χ1) is 10.0. The van der Waals surface area contributed by atoms with Crippen LogP contribution in [0.15, 0.2) is 36.4 Å². The summed E-state index contributed by atoms with van der Waals surface area (Å²) in [5, 5.41) is 2.79. The van der Waals surface area contributed by atoms with Crippen LogP contribution in [0.5, 0.6) is 11.5 Å². The summed E-state index contributed by atoms with van der Waals surface area (Å²) < 4.78 is 10.4. The number of nitrogens with one attached hydrogen (secondary N) is 1. The molecular formula is C16H18N2O3. The summed E-state index contributed by atoms with van der Waals surface area (Å²) in [4.78, 5) is 12.2. The van der Waals surface area contributed by atoms with Crippen molar-refractivity contribution in [2.75, 3.05) is 25.3 Å². The Morgan fingerprint density at radius 1 is 1.05 bits per heavy atom. The number of carbonyl (C=O) groups is 1. The molecule has 3 N–H and O–H groups in total. The molecule has 1 amide bonds. The molecular weight excluding hydrogens is 268 g/mol. The van der Waals surface area contributed by atoms with Crippen molar-refractivity contribution in [1.82, 2.24) is 0 Å². The number of hydrogen-bond acceptors (Lipinski definition) is 4. The fraction of sp³-hybridized carbons (Fsp3) is 0.188. The number of methoxy groups -OCH3 is 2. The SMILES string of the molecule is COc1ccc(NC(=O)c2ccc(C)cc2N)cc1OC. The van der Waals surface area contributed by atoms with Gasteiger partial charge in [-0.3, -0.25) is 4.79 Å². The molecule has 0 fully saturated rings. The van der Waals surface area contributed by atoms with Crippen LogP contribution in [0, 0.1) is 6.92 Å². The molecule has 0 aliphatic heterocycles. The first kappa shape index (κ1) is 14.7. The predicted molar refractivity (Wildman–Crippen MR) is 83.1 cm³/mol. The molecule has 0 radical (unpaired) electrons. The molecule has 110 valence electrons. The summed E-state index contributed by atoms with van der Waals surface area (Å²) in [6.45, 7) is 1.92. The molecule has 0 aliphatic rings. The van der Waals surface area contributed by atoms with Crippen molar-refractivity contribution in [1.29, 1.82) is 0 Å². The maximum atomic E-state index is 12.2. The summed E-state index contributed by atoms with van der Waals surface area (Å²) in [5.41, 5.74) is 8.38. The quantitative estimate of drug-likeness (QED) is 0.848. The third kappa shape index (κ3) is 3.25. The first-order valence-electron chi connectivity index (χ1n) is 6.44. The van der Waals surface area contributed by atoms with E-state index in [-0.39, 0.29) is 5.91 Å². The summed E-state index contributed by atoms with van der Waals surface area (Å²) in [7, 11) is 3.10. The summed E-state index contributed by atoms with van der Waals surface area (Å²) in [6.07, 6.45) is 0. The summed E-state index contributed by atoms with van der Waals surface area (Å²) in [5.74, 6) is 0.886. The van der Waals surface area contributed by atoms with Gasteiger partial charge in [0.1, 0.15) is 0 Å². The molecule has 0 aromatic heterocycles. The fourth-order valence-electron chi connectivity index (χ4n) is 2.00. The second-order valence-corrected chi connectivity index (χ2v) is 4.61. The Morgan fingerprint density at radius 2 is 1.76 bits per heavy atom. The van der Waals surface area contributed by atoms with E-state index >= 15 is 0 Å². The molecule has 0 aliphatic carbocycles. The van der Waals surface area contributed by atoms with Crippen molar-refractivity contribution in [3.63, 3.8) is 0 Å². The molecule has 5 heteroatoms. The lowest BCUT2D eigenvalue weighted by Gasteiger charge is -2.11. The lowest BCUT2D eigenvalue weighted by Crippen LogP contribution is -2.14. The van der Waals surface area contributed by atoms with E-state index in [1.165, 1.54) is 0 Å². The fourth-order valence-corrected chi connectivity index (χ4v) is 2.00. The van der Waals surface area contributed by atoms with Crippen LogP contribution >= 0.6 is 0 Å². The average molecular weight is 286 g/mol. The van der Waals surface area contributed by atoms with Crippen molar-refractivity contribution in [2.45, 2.75) is 6.92 Å². The van der Waals surface area contributed by atoms with Crippen LogP contribution in [0.2, 0.25) is 0 Å². The highest BCUT2D eigenvalue weighted by Gasteiger charge is 2.11. The Kier molecular flexibility index (Phi) is 4.33. The van der Waals surface area contributed by atoms with Gasteiger partial charge in [0.05, 0.1) is 19.8 Å². The number of ether oxygens (including phenoxy) is 2. The van der Waals surface area contributed by atoms with Crippen LogP contribution in [0.4, 0.5) is 11.4 Å². The van der Waals surface area contributed by atoms with E-state index in [0.29, 0.717) is 28.4 Å². The Labute approximate surface area is 123 Å². The van der Waals surface area contributed by atoms with E-state index < -0.39 is 0 Å². The number of aryl methyl sites for hydroxylation is 1. The van der Waals surface area contributed by atoms with E-state index in [9.17, 15) is 4.79 Å². The third-order valence-corrected chi connectivity index (χ3v) is 3.09. The van der Waals surface area contributed by atoms with Gasteiger partial charge in [-0.25, -0.2) is 0 Å². The van der Waals surface area contributed by atoms with Crippen molar-refractivity contribution in [2.24, 2.45) is 0 Å². The van der Waals surface area contributed by atoms with Gasteiger partial charge in [-0.2, -0.15) is 0 Å². The monoisotopic (exact) mass is 286 g/mol. The van der Waals surface area contributed by atoms with Gasteiger partial charge in [0.2, 0.25) is 0 Å². The highest BCUT2D eigenvalue weighted by atomic mass is 16.5. The van der Waals surface area contributed by atoms with Gasteiger partial charge in [0, 0.05) is 17.4 Å². The van der Waals surface area contributed by atoms with Gasteiger partial charge >= 0.3 is 0 Å². The van der Waals surface area contributed by atoms with E-state index in [2.05, 4.69) is 5.32 Å². The molecule has 0 unspecified atom stereocenters. The number of carbonyl (C=O) groups excluding carboxylic acids is 1. The molecule has 0 spiro atoms. The predicted octanol–water partition coefficient (Wildman–Crippen LogP) is 2.85. The third-order valence-electron chi connectivity index (χ3n) is 3.09. The van der Waals surface area contributed by atoms with Crippen LogP contribution < -0.4 is 20.5 Å². The average Bonchev–Trinajstić information content (AvgIpc) is 2.46. The highest BCUT2D eigenvalue weighted by Crippen LogP contribution is 2.30. The smallest absolute Gasteiger partial charge is 0.257 e. The van der Waals surface area contributed by atoms with Crippen molar-refractivity contribution in [3.05, 3.63) is 47.5 Å².